The van der Waals surface area contributed by atoms with Gasteiger partial charge in [0.1, 0.15) is 0 Å². The van der Waals surface area contributed by atoms with Crippen molar-refractivity contribution >= 4 is 5.91 Å². The van der Waals surface area contributed by atoms with Gasteiger partial charge in [-0.25, -0.2) is 0 Å². The Kier molecular flexibility index (Phi) is 4.82. The van der Waals surface area contributed by atoms with Crippen LogP contribution in [0.25, 0.3) is 0 Å². The second-order valence-electron chi connectivity index (χ2n) is 4.82. The number of hydrogen-bond donors (Lipinski definition) is 2. The van der Waals surface area contributed by atoms with Crippen LogP contribution in [0.1, 0.15) is 39.5 Å². The number of amides is 1. The molecule has 1 amide bonds. The van der Waals surface area contributed by atoms with Gasteiger partial charge >= 0.3 is 0 Å². The van der Waals surface area contributed by atoms with Crippen molar-refractivity contribution in [3.63, 3.8) is 0 Å². The number of carbonyl (C=O) groups excluding carboxylic acids is 1. The predicted octanol–water partition coefficient (Wildman–Crippen LogP) is 1.29. The van der Waals surface area contributed by atoms with Gasteiger partial charge in [0, 0.05) is 6.54 Å². The molecule has 1 aliphatic heterocycles. The lowest BCUT2D eigenvalue weighted by atomic mass is 9.81. The highest BCUT2D eigenvalue weighted by Crippen LogP contribution is 2.25. The molecule has 16 heavy (non-hydrogen) atoms. The molecule has 0 spiro atoms. The molecule has 0 aliphatic carbocycles. The van der Waals surface area contributed by atoms with E-state index in [1.54, 1.807) is 0 Å². The molecule has 1 saturated heterocycles. The Morgan fingerprint density at radius 1 is 1.69 bits per heavy atom. The minimum absolute atomic E-state index is 0.0936. The van der Waals surface area contributed by atoms with Crippen LogP contribution < -0.4 is 10.6 Å². The van der Waals surface area contributed by atoms with Crippen molar-refractivity contribution in [1.82, 2.24) is 10.6 Å². The standard InChI is InChI=1S/C13H22N2O/c1-4-7-11(5-2)15-12(16)13(3)8-6-9-14-10-13/h2,11,14H,4,6-10H2,1,3H3,(H,15,16). The molecule has 3 nitrogen and oxygen atoms in total. The molecule has 1 heterocycles. The van der Waals surface area contributed by atoms with Gasteiger partial charge in [-0.05, 0) is 32.7 Å². The maximum Gasteiger partial charge on any atom is 0.228 e. The fraction of sp³-hybridized carbons (Fsp3) is 0.769. The molecular weight excluding hydrogens is 200 g/mol. The van der Waals surface area contributed by atoms with Crippen LogP contribution in [0, 0.1) is 17.8 Å². The molecule has 2 atom stereocenters. The Bertz CT molecular complexity index is 274. The van der Waals surface area contributed by atoms with Gasteiger partial charge in [0.25, 0.3) is 0 Å². The Morgan fingerprint density at radius 3 is 2.94 bits per heavy atom. The molecule has 1 fully saturated rings. The smallest absolute Gasteiger partial charge is 0.228 e. The third-order valence-electron chi connectivity index (χ3n) is 3.23. The van der Waals surface area contributed by atoms with E-state index in [4.69, 9.17) is 6.42 Å². The number of rotatable bonds is 4. The van der Waals surface area contributed by atoms with Crippen molar-refractivity contribution in [3.8, 4) is 12.3 Å². The summed E-state index contributed by atoms with van der Waals surface area (Å²) in [5.41, 5.74) is -0.291. The van der Waals surface area contributed by atoms with Crippen LogP contribution >= 0.6 is 0 Å². The van der Waals surface area contributed by atoms with E-state index >= 15 is 0 Å². The summed E-state index contributed by atoms with van der Waals surface area (Å²) in [4.78, 5) is 12.1. The summed E-state index contributed by atoms with van der Waals surface area (Å²) in [5.74, 6) is 2.73. The first kappa shape index (κ1) is 13.1. The first-order chi connectivity index (χ1) is 7.62. The van der Waals surface area contributed by atoms with Gasteiger partial charge in [0.15, 0.2) is 0 Å². The van der Waals surface area contributed by atoms with E-state index in [1.165, 1.54) is 0 Å². The molecule has 0 saturated carbocycles. The fourth-order valence-electron chi connectivity index (χ4n) is 2.07. The van der Waals surface area contributed by atoms with Crippen molar-refractivity contribution in [3.05, 3.63) is 0 Å². The van der Waals surface area contributed by atoms with Crippen LogP contribution in [-0.4, -0.2) is 25.0 Å². The summed E-state index contributed by atoms with van der Waals surface area (Å²) in [6, 6.07) is -0.115. The summed E-state index contributed by atoms with van der Waals surface area (Å²) in [7, 11) is 0. The van der Waals surface area contributed by atoms with Crippen molar-refractivity contribution in [2.75, 3.05) is 13.1 Å². The van der Waals surface area contributed by atoms with E-state index in [1.807, 2.05) is 6.92 Å². The molecular formula is C13H22N2O. The highest BCUT2D eigenvalue weighted by molar-refractivity contribution is 5.83. The van der Waals surface area contributed by atoms with Gasteiger partial charge in [0.2, 0.25) is 5.91 Å². The minimum atomic E-state index is -0.291. The SMILES string of the molecule is C#CC(CCC)NC(=O)C1(C)CCCNC1. The van der Waals surface area contributed by atoms with Crippen molar-refractivity contribution < 1.29 is 4.79 Å². The lowest BCUT2D eigenvalue weighted by Crippen LogP contribution is -2.50. The van der Waals surface area contributed by atoms with Crippen LogP contribution in [0.3, 0.4) is 0 Å². The predicted molar refractivity (Wildman–Crippen MR) is 65.9 cm³/mol. The maximum absolute atomic E-state index is 12.1. The molecule has 1 aliphatic rings. The van der Waals surface area contributed by atoms with Crippen molar-refractivity contribution in [2.24, 2.45) is 5.41 Å². The summed E-state index contributed by atoms with van der Waals surface area (Å²) >= 11 is 0. The normalized spacial score (nSPS) is 26.8. The molecule has 3 heteroatoms. The third-order valence-corrected chi connectivity index (χ3v) is 3.23. The first-order valence-electron chi connectivity index (χ1n) is 6.10. The third kappa shape index (κ3) is 3.24. The molecule has 0 radical (unpaired) electrons. The van der Waals surface area contributed by atoms with E-state index in [-0.39, 0.29) is 17.4 Å². The highest BCUT2D eigenvalue weighted by Gasteiger charge is 2.35. The van der Waals surface area contributed by atoms with Crippen LogP contribution in [0.5, 0.6) is 0 Å². The van der Waals surface area contributed by atoms with Crippen LogP contribution in [-0.2, 0) is 4.79 Å². The zero-order chi connectivity index (χ0) is 12.0. The second kappa shape index (κ2) is 5.91. The van der Waals surface area contributed by atoms with E-state index < -0.39 is 0 Å². The summed E-state index contributed by atoms with van der Waals surface area (Å²) in [6.45, 7) is 5.84. The number of nitrogens with one attached hydrogen (secondary N) is 2. The van der Waals surface area contributed by atoms with Crippen LogP contribution in [0.15, 0.2) is 0 Å². The first-order valence-corrected chi connectivity index (χ1v) is 6.10. The van der Waals surface area contributed by atoms with E-state index in [0.29, 0.717) is 0 Å². The second-order valence-corrected chi connectivity index (χ2v) is 4.82. The molecule has 0 aromatic rings. The largest absolute Gasteiger partial charge is 0.342 e. The number of hydrogen-bond acceptors (Lipinski definition) is 2. The topological polar surface area (TPSA) is 41.1 Å². The summed E-state index contributed by atoms with van der Waals surface area (Å²) in [6.07, 6.45) is 9.24. The quantitative estimate of drug-likeness (QED) is 0.704. The Hall–Kier alpha value is -1.01. The Balaban J connectivity index is 2.53. The van der Waals surface area contributed by atoms with Gasteiger partial charge in [-0.15, -0.1) is 6.42 Å². The highest BCUT2D eigenvalue weighted by atomic mass is 16.2. The average molecular weight is 222 g/mol. The zero-order valence-electron chi connectivity index (χ0n) is 10.3. The summed E-state index contributed by atoms with van der Waals surface area (Å²) < 4.78 is 0. The van der Waals surface area contributed by atoms with Crippen LogP contribution in [0.2, 0.25) is 0 Å². The van der Waals surface area contributed by atoms with Gasteiger partial charge in [0.05, 0.1) is 11.5 Å². The molecule has 0 bridgehead atoms. The average Bonchev–Trinajstić information content (AvgIpc) is 2.29. The van der Waals surface area contributed by atoms with Crippen molar-refractivity contribution in [2.45, 2.75) is 45.6 Å². The number of piperidine rings is 1. The van der Waals surface area contributed by atoms with Gasteiger partial charge in [-0.1, -0.05) is 19.3 Å². The zero-order valence-corrected chi connectivity index (χ0v) is 10.3. The molecule has 1 rings (SSSR count). The molecule has 90 valence electrons. The van der Waals surface area contributed by atoms with Crippen LogP contribution in [0.4, 0.5) is 0 Å². The van der Waals surface area contributed by atoms with E-state index in [2.05, 4.69) is 23.5 Å². The van der Waals surface area contributed by atoms with Gasteiger partial charge < -0.3 is 10.6 Å². The summed E-state index contributed by atoms with van der Waals surface area (Å²) in [5, 5.41) is 6.23. The van der Waals surface area contributed by atoms with Gasteiger partial charge in [-0.2, -0.15) is 0 Å². The molecule has 0 aromatic heterocycles. The van der Waals surface area contributed by atoms with Gasteiger partial charge in [-0.3, -0.25) is 4.79 Å². The Morgan fingerprint density at radius 2 is 2.44 bits per heavy atom. The number of carbonyl (C=O) groups is 1. The van der Waals surface area contributed by atoms with Crippen molar-refractivity contribution in [1.29, 1.82) is 0 Å². The lowest BCUT2D eigenvalue weighted by Gasteiger charge is -2.33. The monoisotopic (exact) mass is 222 g/mol. The molecule has 2 unspecified atom stereocenters. The maximum atomic E-state index is 12.1. The number of terminal acetylenes is 1. The van der Waals surface area contributed by atoms with E-state index in [9.17, 15) is 4.79 Å². The van der Waals surface area contributed by atoms with E-state index in [0.717, 1.165) is 38.8 Å². The molecule has 2 N–H and O–H groups in total. The fourth-order valence-corrected chi connectivity index (χ4v) is 2.07. The lowest BCUT2D eigenvalue weighted by molar-refractivity contribution is -0.131. The Labute approximate surface area is 98.4 Å². The molecule has 0 aromatic carbocycles. The minimum Gasteiger partial charge on any atom is -0.342 e.